The molecule has 3 heteroatoms. The van der Waals surface area contributed by atoms with Gasteiger partial charge in [-0.2, -0.15) is 0 Å². The van der Waals surface area contributed by atoms with Crippen molar-refractivity contribution in [1.29, 1.82) is 0 Å². The SMILES string of the molecule is CC(C)Sc1ccccc1C(=O)Nc1cccc2ccccc12. The fraction of sp³-hybridized carbons (Fsp3) is 0.150. The van der Waals surface area contributed by atoms with Gasteiger partial charge in [-0.3, -0.25) is 4.79 Å². The van der Waals surface area contributed by atoms with Gasteiger partial charge in [0.1, 0.15) is 0 Å². The van der Waals surface area contributed by atoms with E-state index in [4.69, 9.17) is 0 Å². The largest absolute Gasteiger partial charge is 0.321 e. The Balaban J connectivity index is 1.93. The summed E-state index contributed by atoms with van der Waals surface area (Å²) in [6, 6.07) is 21.8. The van der Waals surface area contributed by atoms with Crippen LogP contribution in [0.1, 0.15) is 24.2 Å². The first-order chi connectivity index (χ1) is 11.1. The minimum atomic E-state index is -0.0647. The topological polar surface area (TPSA) is 29.1 Å². The van der Waals surface area contributed by atoms with E-state index in [1.54, 1.807) is 11.8 Å². The maximum Gasteiger partial charge on any atom is 0.256 e. The zero-order chi connectivity index (χ0) is 16.2. The number of thioether (sulfide) groups is 1. The van der Waals surface area contributed by atoms with Crippen molar-refractivity contribution in [3.05, 3.63) is 72.3 Å². The summed E-state index contributed by atoms with van der Waals surface area (Å²) in [5, 5.41) is 5.67. The highest BCUT2D eigenvalue weighted by atomic mass is 32.2. The van der Waals surface area contributed by atoms with Gasteiger partial charge in [0.2, 0.25) is 0 Å². The lowest BCUT2D eigenvalue weighted by atomic mass is 10.1. The zero-order valence-corrected chi connectivity index (χ0v) is 14.1. The summed E-state index contributed by atoms with van der Waals surface area (Å²) in [6.45, 7) is 4.26. The van der Waals surface area contributed by atoms with Gasteiger partial charge in [0.25, 0.3) is 5.91 Å². The molecule has 0 bridgehead atoms. The van der Waals surface area contributed by atoms with E-state index in [2.05, 4.69) is 19.2 Å². The third kappa shape index (κ3) is 3.57. The highest BCUT2D eigenvalue weighted by Gasteiger charge is 2.13. The standard InChI is InChI=1S/C20H19NOS/c1-14(2)23-19-13-6-5-11-17(19)20(22)21-18-12-7-9-15-8-3-4-10-16(15)18/h3-14H,1-2H3,(H,21,22). The summed E-state index contributed by atoms with van der Waals surface area (Å²) >= 11 is 1.71. The smallest absolute Gasteiger partial charge is 0.256 e. The number of amides is 1. The Hall–Kier alpha value is -2.26. The van der Waals surface area contributed by atoms with Crippen LogP contribution < -0.4 is 5.32 Å². The molecule has 0 saturated carbocycles. The number of benzene rings is 3. The van der Waals surface area contributed by atoms with Crippen LogP contribution >= 0.6 is 11.8 Å². The number of fused-ring (bicyclic) bond motifs is 1. The van der Waals surface area contributed by atoms with Crippen molar-refractivity contribution in [2.24, 2.45) is 0 Å². The Morgan fingerprint density at radius 3 is 2.43 bits per heavy atom. The highest BCUT2D eigenvalue weighted by Crippen LogP contribution is 2.28. The molecule has 0 atom stereocenters. The van der Waals surface area contributed by atoms with Gasteiger partial charge in [-0.25, -0.2) is 0 Å². The summed E-state index contributed by atoms with van der Waals surface area (Å²) in [5.41, 5.74) is 1.57. The molecule has 0 aromatic heterocycles. The summed E-state index contributed by atoms with van der Waals surface area (Å²) in [7, 11) is 0. The lowest BCUT2D eigenvalue weighted by molar-refractivity contribution is 0.102. The van der Waals surface area contributed by atoms with Crippen LogP contribution in [0, 0.1) is 0 Å². The molecule has 1 N–H and O–H groups in total. The maximum absolute atomic E-state index is 12.7. The van der Waals surface area contributed by atoms with Crippen LogP contribution in [-0.4, -0.2) is 11.2 Å². The molecule has 1 amide bonds. The molecule has 3 aromatic rings. The molecule has 0 unspecified atom stereocenters. The van der Waals surface area contributed by atoms with Crippen molar-refractivity contribution in [3.8, 4) is 0 Å². The number of carbonyl (C=O) groups excluding carboxylic acids is 1. The van der Waals surface area contributed by atoms with Gasteiger partial charge in [-0.05, 0) is 23.6 Å². The van der Waals surface area contributed by atoms with Crippen LogP contribution in [0.25, 0.3) is 10.8 Å². The van der Waals surface area contributed by atoms with Crippen molar-refractivity contribution in [3.63, 3.8) is 0 Å². The average molecular weight is 321 g/mol. The molecule has 0 aliphatic heterocycles. The first kappa shape index (κ1) is 15.6. The summed E-state index contributed by atoms with van der Waals surface area (Å²) in [4.78, 5) is 13.7. The van der Waals surface area contributed by atoms with Crippen LogP contribution in [0.3, 0.4) is 0 Å². The minimum absolute atomic E-state index is 0.0647. The predicted molar refractivity (Wildman–Crippen MR) is 99.3 cm³/mol. The Morgan fingerprint density at radius 2 is 1.61 bits per heavy atom. The first-order valence-electron chi connectivity index (χ1n) is 7.70. The number of anilines is 1. The third-order valence-electron chi connectivity index (χ3n) is 3.53. The lowest BCUT2D eigenvalue weighted by Gasteiger charge is -2.12. The van der Waals surface area contributed by atoms with Gasteiger partial charge in [0, 0.05) is 21.2 Å². The third-order valence-corrected chi connectivity index (χ3v) is 4.61. The van der Waals surface area contributed by atoms with Crippen molar-refractivity contribution < 1.29 is 4.79 Å². The van der Waals surface area contributed by atoms with E-state index in [9.17, 15) is 4.79 Å². The molecule has 3 aromatic carbocycles. The lowest BCUT2D eigenvalue weighted by Crippen LogP contribution is -2.13. The normalized spacial score (nSPS) is 10.9. The monoisotopic (exact) mass is 321 g/mol. The molecule has 116 valence electrons. The van der Waals surface area contributed by atoms with Gasteiger partial charge in [0.15, 0.2) is 0 Å². The van der Waals surface area contributed by atoms with Crippen LogP contribution in [0.15, 0.2) is 71.6 Å². The van der Waals surface area contributed by atoms with Gasteiger partial charge in [-0.15, -0.1) is 11.8 Å². The van der Waals surface area contributed by atoms with E-state index in [1.807, 2.05) is 66.7 Å². The molecule has 3 rings (SSSR count). The quantitative estimate of drug-likeness (QED) is 0.634. The van der Waals surface area contributed by atoms with E-state index in [1.165, 1.54) is 0 Å². The fourth-order valence-corrected chi connectivity index (χ4v) is 3.49. The summed E-state index contributed by atoms with van der Waals surface area (Å²) < 4.78 is 0. The van der Waals surface area contributed by atoms with Crippen molar-refractivity contribution in [2.45, 2.75) is 24.0 Å². The van der Waals surface area contributed by atoms with Crippen molar-refractivity contribution >= 4 is 34.1 Å². The van der Waals surface area contributed by atoms with E-state index < -0.39 is 0 Å². The van der Waals surface area contributed by atoms with Gasteiger partial charge in [-0.1, -0.05) is 62.4 Å². The average Bonchev–Trinajstić information content (AvgIpc) is 2.55. The number of carbonyl (C=O) groups is 1. The molecule has 0 fully saturated rings. The van der Waals surface area contributed by atoms with Gasteiger partial charge < -0.3 is 5.32 Å². The first-order valence-corrected chi connectivity index (χ1v) is 8.58. The van der Waals surface area contributed by atoms with E-state index in [0.717, 1.165) is 26.9 Å². The van der Waals surface area contributed by atoms with Gasteiger partial charge >= 0.3 is 0 Å². The predicted octanol–water partition coefficient (Wildman–Crippen LogP) is 5.59. The van der Waals surface area contributed by atoms with E-state index in [0.29, 0.717) is 5.25 Å². The second-order valence-electron chi connectivity index (χ2n) is 5.64. The molecule has 0 aliphatic rings. The molecular formula is C20H19NOS. The van der Waals surface area contributed by atoms with E-state index >= 15 is 0 Å². The molecule has 0 spiro atoms. The molecular weight excluding hydrogens is 302 g/mol. The van der Waals surface area contributed by atoms with Crippen LogP contribution in [0.4, 0.5) is 5.69 Å². The van der Waals surface area contributed by atoms with Crippen LogP contribution in [0.2, 0.25) is 0 Å². The van der Waals surface area contributed by atoms with Gasteiger partial charge in [0.05, 0.1) is 5.56 Å². The van der Waals surface area contributed by atoms with Crippen LogP contribution in [0.5, 0.6) is 0 Å². The Labute approximate surface area is 140 Å². The Bertz CT molecular complexity index is 836. The zero-order valence-electron chi connectivity index (χ0n) is 13.2. The Kier molecular flexibility index (Phi) is 4.68. The highest BCUT2D eigenvalue weighted by molar-refractivity contribution is 8.00. The number of rotatable bonds is 4. The van der Waals surface area contributed by atoms with E-state index in [-0.39, 0.29) is 5.91 Å². The second kappa shape index (κ2) is 6.88. The molecule has 23 heavy (non-hydrogen) atoms. The minimum Gasteiger partial charge on any atom is -0.321 e. The van der Waals surface area contributed by atoms with Crippen molar-refractivity contribution in [1.82, 2.24) is 0 Å². The number of nitrogens with one attached hydrogen (secondary N) is 1. The van der Waals surface area contributed by atoms with Crippen molar-refractivity contribution in [2.75, 3.05) is 5.32 Å². The number of hydrogen-bond donors (Lipinski definition) is 1. The number of hydrogen-bond acceptors (Lipinski definition) is 2. The maximum atomic E-state index is 12.7. The fourth-order valence-electron chi connectivity index (χ4n) is 2.53. The molecule has 0 saturated heterocycles. The molecule has 0 radical (unpaired) electrons. The molecule has 0 aliphatic carbocycles. The van der Waals surface area contributed by atoms with Crippen LogP contribution in [-0.2, 0) is 0 Å². The summed E-state index contributed by atoms with van der Waals surface area (Å²) in [6.07, 6.45) is 0. The summed E-state index contributed by atoms with van der Waals surface area (Å²) in [5.74, 6) is -0.0647. The molecule has 2 nitrogen and oxygen atoms in total. The second-order valence-corrected chi connectivity index (χ2v) is 7.26. The molecule has 0 heterocycles. The Morgan fingerprint density at radius 1 is 0.913 bits per heavy atom.